The van der Waals surface area contributed by atoms with Crippen LogP contribution in [0.4, 0.5) is 0 Å². The maximum atomic E-state index is 12.6. The van der Waals surface area contributed by atoms with E-state index in [2.05, 4.69) is 5.32 Å². The predicted molar refractivity (Wildman–Crippen MR) is 93.4 cm³/mol. The summed E-state index contributed by atoms with van der Waals surface area (Å²) in [6.07, 6.45) is 3.30. The van der Waals surface area contributed by atoms with E-state index in [-0.39, 0.29) is 28.8 Å². The molecule has 5 N–H and O–H groups in total. The van der Waals surface area contributed by atoms with Crippen LogP contribution in [0.5, 0.6) is 23.0 Å². The Bertz CT molecular complexity index is 827. The van der Waals surface area contributed by atoms with E-state index in [1.54, 1.807) is 24.3 Å². The molecule has 1 saturated heterocycles. The third-order valence-electron chi connectivity index (χ3n) is 3.89. The molecular formula is C19H17NO5. The highest BCUT2D eigenvalue weighted by molar-refractivity contribution is 6.14. The monoisotopic (exact) mass is 339 g/mol. The van der Waals surface area contributed by atoms with Crippen molar-refractivity contribution in [3.63, 3.8) is 0 Å². The molecule has 6 nitrogen and oxygen atoms in total. The Morgan fingerprint density at radius 1 is 0.720 bits per heavy atom. The number of hydrogen-bond donors (Lipinski definition) is 5. The van der Waals surface area contributed by atoms with Gasteiger partial charge in [-0.05, 0) is 47.5 Å². The Hall–Kier alpha value is -3.25. The molecule has 2 aromatic carbocycles. The Morgan fingerprint density at radius 2 is 1.16 bits per heavy atom. The Labute approximate surface area is 144 Å². The van der Waals surface area contributed by atoms with Crippen molar-refractivity contribution in [2.24, 2.45) is 0 Å². The standard InChI is InChI=1S/C19H17NO5/c21-15-3-1-11(7-17(15)23)5-13-9-20-10-14(19(13)25)6-12-2-4-16(22)18(24)8-12/h1-8,20-24H,9-10H2. The minimum Gasteiger partial charge on any atom is -0.504 e. The number of aromatic hydroxyl groups is 4. The van der Waals surface area contributed by atoms with E-state index in [1.165, 1.54) is 24.3 Å². The number of phenolic OH excluding ortho intramolecular Hbond substituents is 4. The van der Waals surface area contributed by atoms with Crippen molar-refractivity contribution in [2.45, 2.75) is 0 Å². The summed E-state index contributed by atoms with van der Waals surface area (Å²) in [6, 6.07) is 8.69. The average molecular weight is 339 g/mol. The van der Waals surface area contributed by atoms with Crippen molar-refractivity contribution >= 4 is 17.9 Å². The lowest BCUT2D eigenvalue weighted by Gasteiger charge is -2.18. The SMILES string of the molecule is O=C1C(=Cc2ccc(O)c(O)c2)CNCC1=Cc1ccc(O)c(O)c1. The molecule has 0 atom stereocenters. The first kappa shape index (κ1) is 16.6. The van der Waals surface area contributed by atoms with Crippen LogP contribution in [0, 0.1) is 0 Å². The summed E-state index contributed by atoms with van der Waals surface area (Å²) in [6.45, 7) is 0.775. The number of Topliss-reactive ketones (excluding diaryl/α,β-unsaturated/α-hetero) is 1. The number of phenols is 4. The summed E-state index contributed by atoms with van der Waals surface area (Å²) in [5, 5.41) is 40.9. The number of piperidine rings is 1. The smallest absolute Gasteiger partial charge is 0.187 e. The van der Waals surface area contributed by atoms with Crippen LogP contribution in [-0.4, -0.2) is 39.3 Å². The Morgan fingerprint density at radius 3 is 1.56 bits per heavy atom. The normalized spacial score (nSPS) is 18.0. The largest absolute Gasteiger partial charge is 0.504 e. The number of benzene rings is 2. The molecule has 1 aliphatic heterocycles. The zero-order valence-electron chi connectivity index (χ0n) is 13.2. The molecule has 0 bridgehead atoms. The number of hydrogen-bond acceptors (Lipinski definition) is 6. The van der Waals surface area contributed by atoms with E-state index in [1.807, 2.05) is 0 Å². The van der Waals surface area contributed by atoms with Crippen LogP contribution in [0.25, 0.3) is 12.2 Å². The molecule has 0 saturated carbocycles. The van der Waals surface area contributed by atoms with Gasteiger partial charge in [0.15, 0.2) is 28.8 Å². The summed E-state index contributed by atoms with van der Waals surface area (Å²) in [7, 11) is 0. The zero-order chi connectivity index (χ0) is 18.0. The van der Waals surface area contributed by atoms with Gasteiger partial charge >= 0.3 is 0 Å². The van der Waals surface area contributed by atoms with Crippen LogP contribution >= 0.6 is 0 Å². The molecule has 1 aliphatic rings. The molecule has 0 radical (unpaired) electrons. The highest BCUT2D eigenvalue weighted by Crippen LogP contribution is 2.28. The molecule has 0 aliphatic carbocycles. The number of carbonyl (C=O) groups is 1. The van der Waals surface area contributed by atoms with E-state index in [9.17, 15) is 25.2 Å². The van der Waals surface area contributed by atoms with Crippen LogP contribution in [0.1, 0.15) is 11.1 Å². The lowest BCUT2D eigenvalue weighted by molar-refractivity contribution is -0.112. The molecule has 128 valence electrons. The van der Waals surface area contributed by atoms with Gasteiger partial charge in [0.2, 0.25) is 0 Å². The molecular weight excluding hydrogens is 322 g/mol. The summed E-state index contributed by atoms with van der Waals surface area (Å²) in [5.41, 5.74) is 2.24. The van der Waals surface area contributed by atoms with E-state index in [4.69, 9.17) is 0 Å². The first-order valence-electron chi connectivity index (χ1n) is 7.64. The number of ketones is 1. The first-order valence-corrected chi connectivity index (χ1v) is 7.64. The number of rotatable bonds is 2. The van der Waals surface area contributed by atoms with Crippen molar-refractivity contribution in [2.75, 3.05) is 13.1 Å². The van der Waals surface area contributed by atoms with Gasteiger partial charge in [-0.25, -0.2) is 0 Å². The molecule has 25 heavy (non-hydrogen) atoms. The number of carbonyl (C=O) groups excluding carboxylic acids is 1. The summed E-state index contributed by atoms with van der Waals surface area (Å²) >= 11 is 0. The fraction of sp³-hybridized carbons (Fsp3) is 0.105. The topological polar surface area (TPSA) is 110 Å². The molecule has 3 rings (SSSR count). The van der Waals surface area contributed by atoms with E-state index in [0.29, 0.717) is 35.4 Å². The molecule has 0 amide bonds. The van der Waals surface area contributed by atoms with Gasteiger partial charge in [-0.1, -0.05) is 12.1 Å². The maximum Gasteiger partial charge on any atom is 0.187 e. The van der Waals surface area contributed by atoms with E-state index in [0.717, 1.165) is 0 Å². The number of nitrogens with one attached hydrogen (secondary N) is 1. The van der Waals surface area contributed by atoms with Gasteiger partial charge in [-0.3, -0.25) is 4.79 Å². The predicted octanol–water partition coefficient (Wildman–Crippen LogP) is 2.15. The Kier molecular flexibility index (Phi) is 4.45. The highest BCUT2D eigenvalue weighted by atomic mass is 16.3. The third-order valence-corrected chi connectivity index (χ3v) is 3.89. The van der Waals surface area contributed by atoms with Crippen LogP contribution < -0.4 is 5.32 Å². The van der Waals surface area contributed by atoms with Crippen molar-refractivity contribution < 1.29 is 25.2 Å². The maximum absolute atomic E-state index is 12.6. The molecule has 0 aromatic heterocycles. The van der Waals surface area contributed by atoms with E-state index < -0.39 is 0 Å². The molecule has 1 heterocycles. The third kappa shape index (κ3) is 3.64. The second-order valence-corrected chi connectivity index (χ2v) is 5.77. The fourth-order valence-electron chi connectivity index (χ4n) is 2.59. The molecule has 6 heteroatoms. The average Bonchev–Trinajstić information content (AvgIpc) is 2.58. The van der Waals surface area contributed by atoms with Gasteiger partial charge in [0.1, 0.15) is 0 Å². The summed E-state index contributed by atoms with van der Waals surface area (Å²) < 4.78 is 0. The second-order valence-electron chi connectivity index (χ2n) is 5.77. The van der Waals surface area contributed by atoms with Crippen molar-refractivity contribution in [3.05, 3.63) is 58.7 Å². The summed E-state index contributed by atoms with van der Waals surface area (Å²) in [4.78, 5) is 12.6. The quantitative estimate of drug-likeness (QED) is 0.424. The highest BCUT2D eigenvalue weighted by Gasteiger charge is 2.20. The van der Waals surface area contributed by atoms with Gasteiger partial charge < -0.3 is 25.7 Å². The fourth-order valence-corrected chi connectivity index (χ4v) is 2.59. The van der Waals surface area contributed by atoms with Gasteiger partial charge in [-0.2, -0.15) is 0 Å². The van der Waals surface area contributed by atoms with Gasteiger partial charge in [-0.15, -0.1) is 0 Å². The second kappa shape index (κ2) is 6.70. The van der Waals surface area contributed by atoms with Gasteiger partial charge in [0, 0.05) is 24.2 Å². The first-order chi connectivity index (χ1) is 11.9. The van der Waals surface area contributed by atoms with E-state index >= 15 is 0 Å². The Balaban J connectivity index is 1.89. The van der Waals surface area contributed by atoms with Crippen LogP contribution in [-0.2, 0) is 4.79 Å². The van der Waals surface area contributed by atoms with Crippen LogP contribution in [0.15, 0.2) is 47.5 Å². The molecule has 2 aromatic rings. The zero-order valence-corrected chi connectivity index (χ0v) is 13.2. The van der Waals surface area contributed by atoms with Crippen LogP contribution in [0.2, 0.25) is 0 Å². The minimum atomic E-state index is -0.249. The molecule has 0 spiro atoms. The summed E-state index contributed by atoms with van der Waals surface area (Å²) in [5.74, 6) is -1.08. The van der Waals surface area contributed by atoms with Crippen molar-refractivity contribution in [3.8, 4) is 23.0 Å². The van der Waals surface area contributed by atoms with Gasteiger partial charge in [0.05, 0.1) is 0 Å². The minimum absolute atomic E-state index is 0.140. The van der Waals surface area contributed by atoms with Gasteiger partial charge in [0.25, 0.3) is 0 Å². The lowest BCUT2D eigenvalue weighted by Crippen LogP contribution is -2.32. The van der Waals surface area contributed by atoms with Crippen molar-refractivity contribution in [1.29, 1.82) is 0 Å². The molecule has 0 unspecified atom stereocenters. The molecule has 1 fully saturated rings. The lowest BCUT2D eigenvalue weighted by atomic mass is 9.95. The van der Waals surface area contributed by atoms with Crippen LogP contribution in [0.3, 0.4) is 0 Å². The van der Waals surface area contributed by atoms with Crippen molar-refractivity contribution in [1.82, 2.24) is 5.32 Å².